The van der Waals surface area contributed by atoms with Crippen molar-refractivity contribution >= 4 is 5.97 Å². The van der Waals surface area contributed by atoms with E-state index >= 15 is 0 Å². The number of aliphatic carboxylic acids is 1. The molecule has 7 heteroatoms. The summed E-state index contributed by atoms with van der Waals surface area (Å²) in [6.45, 7) is 12.8. The molecule has 0 unspecified atom stereocenters. The maximum Gasteiger partial charge on any atom is 0.305 e. The molecule has 198 valence electrons. The van der Waals surface area contributed by atoms with Crippen molar-refractivity contribution in [1.82, 2.24) is 0 Å². The van der Waals surface area contributed by atoms with E-state index in [1.165, 1.54) is 5.57 Å². The summed E-state index contributed by atoms with van der Waals surface area (Å²) in [5.74, 6) is 0.296. The Balaban J connectivity index is 1.52. The third-order valence-electron chi connectivity index (χ3n) is 7.83. The highest BCUT2D eigenvalue weighted by Crippen LogP contribution is 2.48. The van der Waals surface area contributed by atoms with Gasteiger partial charge in [-0.15, -0.1) is 0 Å². The Labute approximate surface area is 210 Å². The first kappa shape index (κ1) is 28.1. The Kier molecular flexibility index (Phi) is 9.38. The van der Waals surface area contributed by atoms with Gasteiger partial charge >= 0.3 is 5.97 Å². The van der Waals surface area contributed by atoms with Gasteiger partial charge in [-0.1, -0.05) is 44.2 Å². The van der Waals surface area contributed by atoms with Crippen molar-refractivity contribution < 1.29 is 29.2 Å². The molecule has 7 nitrogen and oxygen atoms in total. The monoisotopic (exact) mass is 491 g/mol. The number of ether oxygens (including phenoxy) is 3. The molecule has 4 N–H and O–H groups in total. The molecule has 10 atom stereocenters. The summed E-state index contributed by atoms with van der Waals surface area (Å²) >= 11 is 0. The lowest BCUT2D eigenvalue weighted by molar-refractivity contribution is -0.156. The number of carboxylic acids is 1. The highest BCUT2D eigenvalue weighted by atomic mass is 16.6. The minimum Gasteiger partial charge on any atom is -0.481 e. The first-order valence-corrected chi connectivity index (χ1v) is 13.1. The van der Waals surface area contributed by atoms with Gasteiger partial charge in [-0.05, 0) is 70.3 Å². The van der Waals surface area contributed by atoms with E-state index in [4.69, 9.17) is 25.1 Å². The van der Waals surface area contributed by atoms with Crippen molar-refractivity contribution in [3.05, 3.63) is 36.0 Å². The summed E-state index contributed by atoms with van der Waals surface area (Å²) in [6, 6.07) is -0.489. The van der Waals surface area contributed by atoms with Gasteiger partial charge in [0.15, 0.2) is 0 Å². The maximum atomic E-state index is 11.0. The molecule has 2 fully saturated rings. The van der Waals surface area contributed by atoms with Crippen LogP contribution in [0.2, 0.25) is 0 Å². The first-order chi connectivity index (χ1) is 16.4. The summed E-state index contributed by atoms with van der Waals surface area (Å²) in [5, 5.41) is 19.5. The number of aliphatic hydroxyl groups excluding tert-OH is 1. The maximum absolute atomic E-state index is 11.0. The molecular formula is C28H45NO6. The molecule has 0 aromatic carbocycles. The molecule has 0 radical (unpaired) electrons. The molecule has 0 aromatic rings. The quantitative estimate of drug-likeness (QED) is 0.396. The SMILES string of the molecule is CC[C@H]1O[C@@H](C(C)(C)O[C@H](C)/C=C/[C@H]2[C@@H](C)[C@@H]2/C=C/[C@@H]2O[C@H](CC(=O)O)C[C@H](N)[C@H]2O)CC=C1C. The van der Waals surface area contributed by atoms with Gasteiger partial charge in [-0.25, -0.2) is 0 Å². The summed E-state index contributed by atoms with van der Waals surface area (Å²) in [5.41, 5.74) is 6.93. The zero-order chi connectivity index (χ0) is 25.9. The van der Waals surface area contributed by atoms with Crippen LogP contribution in [0.4, 0.5) is 0 Å². The van der Waals surface area contributed by atoms with Crippen LogP contribution in [-0.2, 0) is 19.0 Å². The first-order valence-electron chi connectivity index (χ1n) is 13.1. The lowest BCUT2D eigenvalue weighted by Gasteiger charge is -2.40. The predicted molar refractivity (Wildman–Crippen MR) is 136 cm³/mol. The fourth-order valence-corrected chi connectivity index (χ4v) is 5.43. The van der Waals surface area contributed by atoms with Crippen LogP contribution in [0.5, 0.6) is 0 Å². The van der Waals surface area contributed by atoms with Gasteiger partial charge in [0.05, 0.1) is 42.5 Å². The van der Waals surface area contributed by atoms with Crippen LogP contribution < -0.4 is 5.73 Å². The fraction of sp³-hybridized carbons (Fsp3) is 0.750. The number of rotatable bonds is 10. The van der Waals surface area contributed by atoms with Gasteiger partial charge in [0.1, 0.15) is 6.10 Å². The van der Waals surface area contributed by atoms with E-state index in [9.17, 15) is 9.90 Å². The zero-order valence-corrected chi connectivity index (χ0v) is 22.1. The second kappa shape index (κ2) is 11.7. The third-order valence-corrected chi connectivity index (χ3v) is 7.83. The fourth-order valence-electron chi connectivity index (χ4n) is 5.43. The predicted octanol–water partition coefficient (Wildman–Crippen LogP) is 4.00. The van der Waals surface area contributed by atoms with Gasteiger partial charge in [-0.2, -0.15) is 0 Å². The summed E-state index contributed by atoms with van der Waals surface area (Å²) in [4.78, 5) is 11.0. The molecule has 3 rings (SSSR count). The van der Waals surface area contributed by atoms with E-state index in [0.717, 1.165) is 12.8 Å². The number of allylic oxidation sites excluding steroid dienone is 2. The smallest absolute Gasteiger partial charge is 0.305 e. The highest BCUT2D eigenvalue weighted by Gasteiger charge is 2.44. The van der Waals surface area contributed by atoms with Crippen LogP contribution in [0.15, 0.2) is 36.0 Å². The Hall–Kier alpha value is -1.51. The number of hydrogen-bond donors (Lipinski definition) is 3. The second-order valence-corrected chi connectivity index (χ2v) is 11.1. The third kappa shape index (κ3) is 7.26. The van der Waals surface area contributed by atoms with E-state index in [1.807, 2.05) is 6.08 Å². The van der Waals surface area contributed by atoms with E-state index in [-0.39, 0.29) is 24.7 Å². The Morgan fingerprint density at radius 2 is 1.97 bits per heavy atom. The molecule has 0 aromatic heterocycles. The number of carbonyl (C=O) groups is 1. The summed E-state index contributed by atoms with van der Waals surface area (Å²) < 4.78 is 18.5. The van der Waals surface area contributed by atoms with Gasteiger partial charge in [0.25, 0.3) is 0 Å². The van der Waals surface area contributed by atoms with Crippen molar-refractivity contribution in [3.8, 4) is 0 Å². The molecule has 3 aliphatic rings. The van der Waals surface area contributed by atoms with Crippen molar-refractivity contribution in [2.24, 2.45) is 23.5 Å². The molecule has 1 saturated carbocycles. The standard InChI is InChI=1S/C28H45NO6/c1-7-23-16(2)8-13-25(34-23)28(5,6)35-17(3)9-10-20-18(4)21(20)11-12-24-27(32)22(29)14-19(33-24)15-26(30)31/h8-12,17-25,27,32H,7,13-15,29H2,1-6H3,(H,30,31)/b10-9+,12-11+/t17-,18-,19+,20+,21+,22+,23-,24+,25-,27-/m1/s1. The topological polar surface area (TPSA) is 111 Å². The van der Waals surface area contributed by atoms with E-state index in [0.29, 0.717) is 24.2 Å². The van der Waals surface area contributed by atoms with Gasteiger partial charge < -0.3 is 30.2 Å². The Morgan fingerprint density at radius 1 is 1.29 bits per heavy atom. The number of hydrogen-bond acceptors (Lipinski definition) is 6. The van der Waals surface area contributed by atoms with Gasteiger partial charge in [0, 0.05) is 6.04 Å². The molecule has 1 saturated heterocycles. The molecule has 2 heterocycles. The molecule has 35 heavy (non-hydrogen) atoms. The zero-order valence-electron chi connectivity index (χ0n) is 22.1. The minimum atomic E-state index is -0.923. The summed E-state index contributed by atoms with van der Waals surface area (Å²) in [7, 11) is 0. The lowest BCUT2D eigenvalue weighted by Crippen LogP contribution is -2.51. The van der Waals surface area contributed by atoms with Crippen molar-refractivity contribution in [2.75, 3.05) is 0 Å². The van der Waals surface area contributed by atoms with Crippen molar-refractivity contribution in [1.29, 1.82) is 0 Å². The van der Waals surface area contributed by atoms with Crippen LogP contribution in [-0.4, -0.2) is 64.4 Å². The van der Waals surface area contributed by atoms with Gasteiger partial charge in [0.2, 0.25) is 0 Å². The average Bonchev–Trinajstić information content (AvgIpc) is 3.40. The summed E-state index contributed by atoms with van der Waals surface area (Å²) in [6.07, 6.45) is 10.9. The number of aliphatic hydroxyl groups is 1. The Morgan fingerprint density at radius 3 is 2.63 bits per heavy atom. The molecule has 0 spiro atoms. The number of nitrogens with two attached hydrogens (primary N) is 1. The van der Waals surface area contributed by atoms with Crippen LogP contribution in [0.25, 0.3) is 0 Å². The Bertz CT molecular complexity index is 820. The lowest BCUT2D eigenvalue weighted by atomic mass is 9.92. The molecule has 1 aliphatic carbocycles. The number of carboxylic acid groups (broad SMARTS) is 1. The average molecular weight is 492 g/mol. The molecule has 2 aliphatic heterocycles. The van der Waals surface area contributed by atoms with Crippen LogP contribution >= 0.6 is 0 Å². The normalized spacial score (nSPS) is 39.1. The van der Waals surface area contributed by atoms with Crippen molar-refractivity contribution in [2.45, 2.75) is 115 Å². The van der Waals surface area contributed by atoms with Crippen LogP contribution in [0.3, 0.4) is 0 Å². The molecule has 0 amide bonds. The molecular weight excluding hydrogens is 446 g/mol. The molecule has 0 bridgehead atoms. The largest absolute Gasteiger partial charge is 0.481 e. The van der Waals surface area contributed by atoms with E-state index in [1.54, 1.807) is 0 Å². The van der Waals surface area contributed by atoms with Crippen LogP contribution in [0.1, 0.15) is 67.2 Å². The highest BCUT2D eigenvalue weighted by molar-refractivity contribution is 5.67. The van der Waals surface area contributed by atoms with Crippen molar-refractivity contribution in [3.63, 3.8) is 0 Å². The minimum absolute atomic E-state index is 0.0285. The second-order valence-electron chi connectivity index (χ2n) is 11.1. The van der Waals surface area contributed by atoms with E-state index in [2.05, 4.69) is 65.8 Å². The van der Waals surface area contributed by atoms with E-state index < -0.39 is 35.9 Å². The van der Waals surface area contributed by atoms with Gasteiger partial charge in [-0.3, -0.25) is 4.79 Å². The van der Waals surface area contributed by atoms with Crippen LogP contribution in [0, 0.1) is 17.8 Å².